The van der Waals surface area contributed by atoms with E-state index in [1.54, 1.807) is 0 Å². The maximum absolute atomic E-state index is 13.0. The van der Waals surface area contributed by atoms with Gasteiger partial charge in [0.2, 0.25) is 5.91 Å². The molecule has 3 aliphatic heterocycles. The summed E-state index contributed by atoms with van der Waals surface area (Å²) in [5.41, 5.74) is -0.719. The van der Waals surface area contributed by atoms with Crippen molar-refractivity contribution < 1.29 is 14.7 Å². The van der Waals surface area contributed by atoms with Gasteiger partial charge >= 0.3 is 6.03 Å². The van der Waals surface area contributed by atoms with Crippen molar-refractivity contribution in [1.29, 1.82) is 0 Å². The van der Waals surface area contributed by atoms with Crippen LogP contribution in [0.4, 0.5) is 4.79 Å². The molecule has 3 N–H and O–H groups in total. The Kier molecular flexibility index (Phi) is 7.96. The molecule has 0 bridgehead atoms. The van der Waals surface area contributed by atoms with Gasteiger partial charge in [-0.05, 0) is 39.5 Å². The predicted molar refractivity (Wildman–Crippen MR) is 122 cm³/mol. The lowest BCUT2D eigenvalue weighted by Crippen LogP contribution is -2.61. The van der Waals surface area contributed by atoms with Crippen LogP contribution in [0.2, 0.25) is 0 Å². The van der Waals surface area contributed by atoms with Gasteiger partial charge < -0.3 is 20.6 Å². The number of thioether (sulfide) groups is 1. The normalized spacial score (nSPS) is 32.1. The maximum atomic E-state index is 13.0. The highest BCUT2D eigenvalue weighted by Gasteiger charge is 2.42. The molecule has 3 fully saturated rings. The molecule has 8 heteroatoms. The number of carbonyl (C=O) groups excluding carboxylic acids is 2. The van der Waals surface area contributed by atoms with Gasteiger partial charge in [0.25, 0.3) is 0 Å². The Morgan fingerprint density at radius 3 is 2.57 bits per heavy atom. The van der Waals surface area contributed by atoms with Gasteiger partial charge in [-0.2, -0.15) is 11.8 Å². The molecule has 7 nitrogen and oxygen atoms in total. The van der Waals surface area contributed by atoms with E-state index in [0.29, 0.717) is 24.3 Å². The lowest BCUT2D eigenvalue weighted by atomic mass is 9.98. The molecule has 3 heterocycles. The Morgan fingerprint density at radius 1 is 1.17 bits per heavy atom. The molecule has 2 unspecified atom stereocenters. The second-order valence-electron chi connectivity index (χ2n) is 9.78. The van der Waals surface area contributed by atoms with Crippen molar-refractivity contribution in [3.05, 3.63) is 0 Å². The molecule has 0 aromatic carbocycles. The van der Waals surface area contributed by atoms with Gasteiger partial charge in [-0.25, -0.2) is 4.79 Å². The number of carbonyl (C=O) groups is 2. The van der Waals surface area contributed by atoms with Crippen molar-refractivity contribution in [2.75, 3.05) is 25.4 Å². The minimum atomic E-state index is -0.719. The van der Waals surface area contributed by atoms with Crippen LogP contribution in [0.25, 0.3) is 0 Å². The second-order valence-corrected chi connectivity index (χ2v) is 11.1. The van der Waals surface area contributed by atoms with Crippen LogP contribution in [0.5, 0.6) is 0 Å². The first-order valence-corrected chi connectivity index (χ1v) is 12.7. The minimum absolute atomic E-state index is 0.0368. The summed E-state index contributed by atoms with van der Waals surface area (Å²) in [5.74, 6) is 1.26. The summed E-state index contributed by atoms with van der Waals surface area (Å²) < 4.78 is 0. The number of β-amino-alcohol motifs (C(OH)–C–C–N with tert-alkyl or cyclic N) is 1. The van der Waals surface area contributed by atoms with Crippen LogP contribution in [0, 0.1) is 0 Å². The number of piperazine rings is 1. The topological polar surface area (TPSA) is 84.9 Å². The van der Waals surface area contributed by atoms with Crippen LogP contribution in [-0.2, 0) is 4.79 Å². The van der Waals surface area contributed by atoms with Crippen molar-refractivity contribution in [3.63, 3.8) is 0 Å². The molecule has 0 radical (unpaired) electrons. The number of urea groups is 1. The number of rotatable bonds is 9. The highest BCUT2D eigenvalue weighted by atomic mass is 32.2. The van der Waals surface area contributed by atoms with E-state index in [1.807, 2.05) is 25.6 Å². The van der Waals surface area contributed by atoms with Crippen molar-refractivity contribution in [2.45, 2.75) is 101 Å². The van der Waals surface area contributed by atoms with Gasteiger partial charge in [0.05, 0.1) is 17.7 Å². The predicted octanol–water partition coefficient (Wildman–Crippen LogP) is 2.18. The Balaban J connectivity index is 1.45. The van der Waals surface area contributed by atoms with E-state index in [-0.39, 0.29) is 30.1 Å². The molecule has 0 saturated carbocycles. The third-order valence-electron chi connectivity index (χ3n) is 6.73. The summed E-state index contributed by atoms with van der Waals surface area (Å²) in [6.07, 6.45) is 5.52. The number of hydrogen-bond donors (Lipinski definition) is 3. The molecule has 3 rings (SSSR count). The highest BCUT2D eigenvalue weighted by Crippen LogP contribution is 2.33. The zero-order chi connectivity index (χ0) is 21.9. The van der Waals surface area contributed by atoms with Gasteiger partial charge in [-0.1, -0.05) is 20.3 Å². The summed E-state index contributed by atoms with van der Waals surface area (Å²) >= 11 is 1.94. The fourth-order valence-corrected chi connectivity index (χ4v) is 6.69. The van der Waals surface area contributed by atoms with E-state index < -0.39 is 5.60 Å². The first-order valence-electron chi connectivity index (χ1n) is 11.7. The second kappa shape index (κ2) is 10.1. The molecular formula is C22H40N4O3S. The number of nitrogens with one attached hydrogen (secondary N) is 2. The smallest absolute Gasteiger partial charge is 0.315 e. The summed E-state index contributed by atoms with van der Waals surface area (Å²) in [5, 5.41) is 16.8. The molecule has 0 aliphatic carbocycles. The number of aliphatic hydroxyl groups is 1. The van der Waals surface area contributed by atoms with E-state index in [4.69, 9.17) is 0 Å². The molecule has 3 saturated heterocycles. The van der Waals surface area contributed by atoms with Gasteiger partial charge in [-0.3, -0.25) is 9.69 Å². The van der Waals surface area contributed by atoms with Crippen molar-refractivity contribution in [3.8, 4) is 0 Å². The molecule has 0 spiro atoms. The largest absolute Gasteiger partial charge is 0.389 e. The van der Waals surface area contributed by atoms with Crippen LogP contribution in [0.1, 0.15) is 66.2 Å². The summed E-state index contributed by atoms with van der Waals surface area (Å²) in [6.45, 7) is 10.3. The molecule has 3 amide bonds. The Labute approximate surface area is 185 Å². The fourth-order valence-electron chi connectivity index (χ4n) is 5.15. The van der Waals surface area contributed by atoms with E-state index in [0.717, 1.165) is 50.9 Å². The lowest BCUT2D eigenvalue weighted by molar-refractivity contribution is -0.139. The van der Waals surface area contributed by atoms with Gasteiger partial charge in [0.15, 0.2) is 0 Å². The van der Waals surface area contributed by atoms with Crippen molar-refractivity contribution >= 4 is 23.7 Å². The zero-order valence-electron chi connectivity index (χ0n) is 19.0. The van der Waals surface area contributed by atoms with E-state index in [2.05, 4.69) is 34.3 Å². The van der Waals surface area contributed by atoms with Crippen LogP contribution < -0.4 is 10.6 Å². The zero-order valence-corrected chi connectivity index (χ0v) is 19.8. The summed E-state index contributed by atoms with van der Waals surface area (Å²) in [4.78, 5) is 29.0. The Hall–Kier alpha value is -0.990. The maximum Gasteiger partial charge on any atom is 0.315 e. The van der Waals surface area contributed by atoms with Crippen molar-refractivity contribution in [1.82, 2.24) is 20.4 Å². The Bertz CT molecular complexity index is 612. The summed E-state index contributed by atoms with van der Waals surface area (Å²) in [7, 11) is 0. The van der Waals surface area contributed by atoms with E-state index in [9.17, 15) is 14.7 Å². The van der Waals surface area contributed by atoms with Gasteiger partial charge in [0, 0.05) is 49.1 Å². The lowest BCUT2D eigenvalue weighted by Gasteiger charge is -2.47. The molecule has 172 valence electrons. The average Bonchev–Trinajstić information content (AvgIpc) is 3.22. The third kappa shape index (κ3) is 5.82. The molecule has 5 atom stereocenters. The molecular weight excluding hydrogens is 400 g/mol. The van der Waals surface area contributed by atoms with Crippen LogP contribution >= 0.6 is 11.8 Å². The van der Waals surface area contributed by atoms with Gasteiger partial charge in [-0.15, -0.1) is 0 Å². The molecule has 0 aromatic rings. The first-order chi connectivity index (χ1) is 14.2. The molecule has 3 aliphatic rings. The average molecular weight is 441 g/mol. The van der Waals surface area contributed by atoms with Crippen LogP contribution in [-0.4, -0.2) is 87.3 Å². The standard InChI is InChI=1S/C22H40N4O3S/c1-5-15-12-26(16(6-2)11-25(15)14-22(3,4)29)19(27)10-8-7-9-18-20-17(13-30-18)23-21(28)24-20/h15-18,20,29H,5-14H2,1-4H3,(H2,23,24,28)/t15?,16?,17-,18-,20-/m0/s1. The van der Waals surface area contributed by atoms with E-state index >= 15 is 0 Å². The summed E-state index contributed by atoms with van der Waals surface area (Å²) in [6, 6.07) is 1.02. The first kappa shape index (κ1) is 23.7. The number of fused-ring (bicyclic) bond motifs is 1. The minimum Gasteiger partial charge on any atom is -0.389 e. The molecule has 30 heavy (non-hydrogen) atoms. The number of hydrogen-bond acceptors (Lipinski definition) is 5. The Morgan fingerprint density at radius 2 is 1.90 bits per heavy atom. The highest BCUT2D eigenvalue weighted by molar-refractivity contribution is 8.00. The van der Waals surface area contributed by atoms with Crippen LogP contribution in [0.15, 0.2) is 0 Å². The fraction of sp³-hybridized carbons (Fsp3) is 0.909. The quantitative estimate of drug-likeness (QED) is 0.378. The van der Waals surface area contributed by atoms with Crippen molar-refractivity contribution in [2.24, 2.45) is 0 Å². The number of unbranched alkanes of at least 4 members (excludes halogenated alkanes) is 1. The number of nitrogens with zero attached hydrogens (tertiary/aromatic N) is 2. The van der Waals surface area contributed by atoms with Gasteiger partial charge in [0.1, 0.15) is 0 Å². The SMILES string of the molecule is CCC1CN(C(=O)CCCC[C@@H]2SC[C@@H]3NC(=O)N[C@@H]32)C(CC)CN1CC(C)(C)O. The molecule has 0 aromatic heterocycles. The third-order valence-corrected chi connectivity index (χ3v) is 8.24. The van der Waals surface area contributed by atoms with Crippen LogP contribution in [0.3, 0.4) is 0 Å². The monoisotopic (exact) mass is 440 g/mol. The van der Waals surface area contributed by atoms with E-state index in [1.165, 1.54) is 0 Å². The number of amides is 3.